The molecule has 0 unspecified atom stereocenters. The fourth-order valence-corrected chi connectivity index (χ4v) is 2.49. The molecule has 116 valence electrons. The van der Waals surface area contributed by atoms with Crippen LogP contribution in [-0.2, 0) is 17.5 Å². The number of benzene rings is 1. The van der Waals surface area contributed by atoms with Gasteiger partial charge in [-0.3, -0.25) is 9.69 Å². The lowest BCUT2D eigenvalue weighted by Crippen LogP contribution is -2.48. The molecule has 0 bridgehead atoms. The first kappa shape index (κ1) is 16.0. The molecule has 6 heteroatoms. The fourth-order valence-electron chi connectivity index (χ4n) is 2.49. The number of alkyl halides is 3. The molecular weight excluding hydrogens is 283 g/mol. The van der Waals surface area contributed by atoms with Crippen molar-refractivity contribution in [1.82, 2.24) is 4.90 Å². The Morgan fingerprint density at radius 2 is 1.76 bits per heavy atom. The molecule has 0 spiro atoms. The van der Waals surface area contributed by atoms with Gasteiger partial charge in [0.05, 0.1) is 5.56 Å². The highest BCUT2D eigenvalue weighted by atomic mass is 19.4. The number of likely N-dealkylation sites (tertiary alicyclic amines) is 1. The number of ketones is 1. The van der Waals surface area contributed by atoms with Gasteiger partial charge in [0.2, 0.25) is 0 Å². The summed E-state index contributed by atoms with van der Waals surface area (Å²) >= 11 is 0. The lowest BCUT2D eigenvalue weighted by atomic mass is 9.88. The third-order valence-corrected chi connectivity index (χ3v) is 4.03. The predicted molar refractivity (Wildman–Crippen MR) is 71.6 cm³/mol. The van der Waals surface area contributed by atoms with Gasteiger partial charge in [0.15, 0.2) is 5.78 Å². The highest BCUT2D eigenvalue weighted by Gasteiger charge is 2.36. The molecule has 1 saturated heterocycles. The molecular formula is C15H18F3NO2. The van der Waals surface area contributed by atoms with Gasteiger partial charge in [-0.1, -0.05) is 12.1 Å². The first-order valence-corrected chi connectivity index (χ1v) is 6.83. The minimum Gasteiger partial charge on any atom is -0.382 e. The van der Waals surface area contributed by atoms with E-state index in [0.29, 0.717) is 32.5 Å². The molecule has 1 aliphatic rings. The van der Waals surface area contributed by atoms with Crippen LogP contribution in [0, 0.1) is 0 Å². The van der Waals surface area contributed by atoms with E-state index in [1.54, 1.807) is 0 Å². The molecule has 1 aromatic carbocycles. The second-order valence-electron chi connectivity index (χ2n) is 5.56. The Balaban J connectivity index is 1.94. The molecule has 21 heavy (non-hydrogen) atoms. The van der Waals surface area contributed by atoms with E-state index in [1.807, 2.05) is 4.90 Å². The number of piperidine rings is 1. The molecule has 0 atom stereocenters. The van der Waals surface area contributed by atoms with E-state index < -0.39 is 17.3 Å². The molecule has 0 saturated carbocycles. The zero-order valence-corrected chi connectivity index (χ0v) is 11.8. The van der Waals surface area contributed by atoms with Crippen molar-refractivity contribution in [3.8, 4) is 0 Å². The lowest BCUT2D eigenvalue weighted by molar-refractivity contribution is -0.140. The largest absolute Gasteiger partial charge is 0.416 e. The highest BCUT2D eigenvalue weighted by Crippen LogP contribution is 2.29. The number of hydrogen-bond acceptors (Lipinski definition) is 3. The van der Waals surface area contributed by atoms with Crippen molar-refractivity contribution >= 4 is 5.78 Å². The SMILES string of the molecule is CC(=O)C1(O)CCN(Cc2ccc(C(F)(F)F)cc2)CC1. The van der Waals surface area contributed by atoms with Gasteiger partial charge in [-0.25, -0.2) is 0 Å². The smallest absolute Gasteiger partial charge is 0.382 e. The van der Waals surface area contributed by atoms with Crippen molar-refractivity contribution in [2.24, 2.45) is 0 Å². The molecule has 1 heterocycles. The van der Waals surface area contributed by atoms with Crippen LogP contribution in [0.5, 0.6) is 0 Å². The zero-order chi connectivity index (χ0) is 15.7. The number of rotatable bonds is 3. The minimum absolute atomic E-state index is 0.225. The van der Waals surface area contributed by atoms with Crippen LogP contribution in [0.3, 0.4) is 0 Å². The van der Waals surface area contributed by atoms with Crippen LogP contribution in [0.1, 0.15) is 30.9 Å². The monoisotopic (exact) mass is 301 g/mol. The van der Waals surface area contributed by atoms with Crippen molar-refractivity contribution in [2.75, 3.05) is 13.1 Å². The Labute approximate surface area is 121 Å². The summed E-state index contributed by atoms with van der Waals surface area (Å²) in [4.78, 5) is 13.4. The Hall–Kier alpha value is -1.40. The van der Waals surface area contributed by atoms with Crippen molar-refractivity contribution in [3.63, 3.8) is 0 Å². The number of Topliss-reactive ketones (excluding diaryl/α,β-unsaturated/α-hetero) is 1. The Kier molecular flexibility index (Phi) is 4.39. The molecule has 1 N–H and O–H groups in total. The Morgan fingerprint density at radius 1 is 1.24 bits per heavy atom. The zero-order valence-electron chi connectivity index (χ0n) is 11.8. The van der Waals surface area contributed by atoms with Crippen LogP contribution < -0.4 is 0 Å². The van der Waals surface area contributed by atoms with Crippen LogP contribution in [0.4, 0.5) is 13.2 Å². The van der Waals surface area contributed by atoms with Gasteiger partial charge < -0.3 is 5.11 Å². The van der Waals surface area contributed by atoms with E-state index >= 15 is 0 Å². The fraction of sp³-hybridized carbons (Fsp3) is 0.533. The summed E-state index contributed by atoms with van der Waals surface area (Å²) in [5.41, 5.74) is -1.11. The molecule has 0 aromatic heterocycles. The number of hydrogen-bond donors (Lipinski definition) is 1. The average Bonchev–Trinajstić information content (AvgIpc) is 2.41. The molecule has 0 aliphatic carbocycles. The van der Waals surface area contributed by atoms with Gasteiger partial charge in [0, 0.05) is 19.6 Å². The quantitative estimate of drug-likeness (QED) is 0.933. The topological polar surface area (TPSA) is 40.5 Å². The number of aliphatic hydroxyl groups is 1. The van der Waals surface area contributed by atoms with E-state index in [4.69, 9.17) is 0 Å². The second kappa shape index (κ2) is 5.77. The first-order valence-electron chi connectivity index (χ1n) is 6.83. The number of carbonyl (C=O) groups excluding carboxylic acids is 1. The second-order valence-corrected chi connectivity index (χ2v) is 5.56. The molecule has 1 aliphatic heterocycles. The number of carbonyl (C=O) groups is 1. The summed E-state index contributed by atoms with van der Waals surface area (Å²) in [6.45, 7) is 3.01. The van der Waals surface area contributed by atoms with E-state index in [0.717, 1.165) is 17.7 Å². The van der Waals surface area contributed by atoms with Crippen LogP contribution in [0.25, 0.3) is 0 Å². The van der Waals surface area contributed by atoms with E-state index in [1.165, 1.54) is 19.1 Å². The maximum Gasteiger partial charge on any atom is 0.416 e. The highest BCUT2D eigenvalue weighted by molar-refractivity contribution is 5.84. The summed E-state index contributed by atoms with van der Waals surface area (Å²) in [7, 11) is 0. The molecule has 3 nitrogen and oxygen atoms in total. The van der Waals surface area contributed by atoms with E-state index in [2.05, 4.69) is 0 Å². The molecule has 2 rings (SSSR count). The van der Waals surface area contributed by atoms with Crippen molar-refractivity contribution in [3.05, 3.63) is 35.4 Å². The Morgan fingerprint density at radius 3 is 2.19 bits per heavy atom. The third kappa shape index (κ3) is 3.83. The van der Waals surface area contributed by atoms with Gasteiger partial charge in [-0.2, -0.15) is 13.2 Å². The average molecular weight is 301 g/mol. The van der Waals surface area contributed by atoms with Gasteiger partial charge in [0.25, 0.3) is 0 Å². The van der Waals surface area contributed by atoms with Crippen LogP contribution >= 0.6 is 0 Å². The molecule has 1 fully saturated rings. The lowest BCUT2D eigenvalue weighted by Gasteiger charge is -2.36. The van der Waals surface area contributed by atoms with Gasteiger partial charge in [-0.15, -0.1) is 0 Å². The summed E-state index contributed by atoms with van der Waals surface area (Å²) in [6.07, 6.45) is -3.59. The van der Waals surface area contributed by atoms with Crippen molar-refractivity contribution < 1.29 is 23.1 Å². The summed E-state index contributed by atoms with van der Waals surface area (Å²) in [5, 5.41) is 10.1. The summed E-state index contributed by atoms with van der Waals surface area (Å²) in [5.74, 6) is -0.225. The minimum atomic E-state index is -4.32. The van der Waals surface area contributed by atoms with Crippen LogP contribution in [-0.4, -0.2) is 34.5 Å². The summed E-state index contributed by atoms with van der Waals surface area (Å²) in [6, 6.07) is 5.08. The maximum atomic E-state index is 12.5. The predicted octanol–water partition coefficient (Wildman–Crippen LogP) is 2.62. The standard InChI is InChI=1S/C15H18F3NO2/c1-11(20)14(21)6-8-19(9-7-14)10-12-2-4-13(5-3-12)15(16,17)18/h2-5,21H,6-10H2,1H3. The van der Waals surface area contributed by atoms with E-state index in [9.17, 15) is 23.1 Å². The van der Waals surface area contributed by atoms with Gasteiger partial charge >= 0.3 is 6.18 Å². The molecule has 0 radical (unpaired) electrons. The van der Waals surface area contributed by atoms with Crippen LogP contribution in [0.2, 0.25) is 0 Å². The van der Waals surface area contributed by atoms with E-state index in [-0.39, 0.29) is 5.78 Å². The molecule has 0 amide bonds. The van der Waals surface area contributed by atoms with Crippen LogP contribution in [0.15, 0.2) is 24.3 Å². The van der Waals surface area contributed by atoms with Gasteiger partial charge in [0.1, 0.15) is 5.60 Å². The number of halogens is 3. The normalized spacial score (nSPS) is 19.5. The number of nitrogens with zero attached hydrogens (tertiary/aromatic N) is 1. The van der Waals surface area contributed by atoms with Gasteiger partial charge in [-0.05, 0) is 37.5 Å². The Bertz CT molecular complexity index is 503. The maximum absolute atomic E-state index is 12.5. The molecule has 1 aromatic rings. The third-order valence-electron chi connectivity index (χ3n) is 4.03. The first-order chi connectivity index (χ1) is 9.71. The summed E-state index contributed by atoms with van der Waals surface area (Å²) < 4.78 is 37.4. The van der Waals surface area contributed by atoms with Crippen molar-refractivity contribution in [2.45, 2.75) is 38.1 Å². The van der Waals surface area contributed by atoms with Crippen molar-refractivity contribution in [1.29, 1.82) is 0 Å².